The van der Waals surface area contributed by atoms with Gasteiger partial charge in [-0.1, -0.05) is 13.0 Å². The van der Waals surface area contributed by atoms with Gasteiger partial charge < -0.3 is 14.8 Å². The maximum atomic E-state index is 5.80. The van der Waals surface area contributed by atoms with E-state index in [1.807, 2.05) is 6.07 Å². The number of fused-ring (bicyclic) bond motifs is 1. The van der Waals surface area contributed by atoms with Gasteiger partial charge in [-0.2, -0.15) is 0 Å². The monoisotopic (exact) mass is 367 g/mol. The minimum Gasteiger partial charge on any atom is -0.490 e. The molecule has 1 atom stereocenters. The molecule has 0 spiro atoms. The lowest BCUT2D eigenvalue weighted by atomic mass is 10.0. The molecule has 112 valence electrons. The van der Waals surface area contributed by atoms with E-state index in [4.69, 9.17) is 9.47 Å². The Hall–Kier alpha value is -1.04. The van der Waals surface area contributed by atoms with Crippen LogP contribution in [0, 0.1) is 0 Å². The van der Waals surface area contributed by atoms with E-state index >= 15 is 0 Å². The number of rotatable bonds is 4. The Morgan fingerprint density at radius 1 is 1.24 bits per heavy atom. The molecule has 3 rings (SSSR count). The number of hydrogen-bond acceptors (Lipinski definition) is 4. The molecule has 1 N–H and O–H groups in total. The molecule has 1 aliphatic heterocycles. The van der Waals surface area contributed by atoms with Crippen molar-refractivity contribution in [2.24, 2.45) is 0 Å². The van der Waals surface area contributed by atoms with Gasteiger partial charge in [0.1, 0.15) is 0 Å². The van der Waals surface area contributed by atoms with Crippen LogP contribution >= 0.6 is 27.3 Å². The molecule has 0 fully saturated rings. The number of thiophene rings is 1. The van der Waals surface area contributed by atoms with Crippen LogP contribution in [-0.2, 0) is 0 Å². The Labute approximate surface area is 137 Å². The first-order valence-electron chi connectivity index (χ1n) is 7.15. The number of benzene rings is 1. The van der Waals surface area contributed by atoms with Gasteiger partial charge >= 0.3 is 0 Å². The van der Waals surface area contributed by atoms with Crippen molar-refractivity contribution in [1.82, 2.24) is 5.32 Å². The normalized spacial score (nSPS) is 15.5. The number of ether oxygens (including phenoxy) is 2. The molecule has 0 saturated heterocycles. The molecule has 1 aromatic heterocycles. The first kappa shape index (κ1) is 14.9. The lowest BCUT2D eigenvalue weighted by Crippen LogP contribution is -2.21. The molecule has 21 heavy (non-hydrogen) atoms. The number of halogens is 1. The Morgan fingerprint density at radius 3 is 2.76 bits per heavy atom. The Bertz CT molecular complexity index is 614. The van der Waals surface area contributed by atoms with Crippen LogP contribution in [0.5, 0.6) is 11.5 Å². The predicted octanol–water partition coefficient (Wildman–Crippen LogP) is 4.37. The van der Waals surface area contributed by atoms with Crippen molar-refractivity contribution < 1.29 is 9.47 Å². The molecule has 5 heteroatoms. The molecule has 2 aromatic rings. The molecular weight excluding hydrogens is 350 g/mol. The molecule has 0 radical (unpaired) electrons. The quantitative estimate of drug-likeness (QED) is 0.869. The SMILES string of the molecule is CCNC(c1ccc2c(c1)OCCCO2)c1cc(Br)cs1. The average Bonchev–Trinajstić information content (AvgIpc) is 2.78. The van der Waals surface area contributed by atoms with Crippen LogP contribution in [-0.4, -0.2) is 19.8 Å². The molecule has 3 nitrogen and oxygen atoms in total. The van der Waals surface area contributed by atoms with Crippen LogP contribution in [0.2, 0.25) is 0 Å². The zero-order valence-electron chi connectivity index (χ0n) is 11.9. The smallest absolute Gasteiger partial charge is 0.161 e. The van der Waals surface area contributed by atoms with Crippen molar-refractivity contribution in [3.63, 3.8) is 0 Å². The molecule has 0 saturated carbocycles. The molecule has 1 unspecified atom stereocenters. The number of nitrogens with one attached hydrogen (secondary N) is 1. The summed E-state index contributed by atoms with van der Waals surface area (Å²) in [5, 5.41) is 5.66. The Kier molecular flexibility index (Phi) is 4.83. The van der Waals surface area contributed by atoms with Gasteiger partial charge in [-0.25, -0.2) is 0 Å². The van der Waals surface area contributed by atoms with E-state index in [1.165, 1.54) is 10.4 Å². The van der Waals surface area contributed by atoms with Gasteiger partial charge in [0.05, 0.1) is 19.3 Å². The van der Waals surface area contributed by atoms with E-state index in [0.29, 0.717) is 6.61 Å². The maximum absolute atomic E-state index is 5.80. The number of hydrogen-bond donors (Lipinski definition) is 1. The Balaban J connectivity index is 1.94. The third-order valence-corrected chi connectivity index (χ3v) is 5.14. The van der Waals surface area contributed by atoms with Crippen LogP contribution in [0.3, 0.4) is 0 Å². The van der Waals surface area contributed by atoms with Gasteiger partial charge in [-0.15, -0.1) is 11.3 Å². The zero-order chi connectivity index (χ0) is 14.7. The summed E-state index contributed by atoms with van der Waals surface area (Å²) in [5.74, 6) is 1.70. The van der Waals surface area contributed by atoms with E-state index in [0.717, 1.165) is 35.5 Å². The Morgan fingerprint density at radius 2 is 2.05 bits per heavy atom. The van der Waals surface area contributed by atoms with Gasteiger partial charge in [0, 0.05) is 21.2 Å². The van der Waals surface area contributed by atoms with Crippen molar-refractivity contribution in [2.75, 3.05) is 19.8 Å². The second kappa shape index (κ2) is 6.81. The van der Waals surface area contributed by atoms with E-state index in [1.54, 1.807) is 11.3 Å². The molecule has 0 amide bonds. The molecule has 2 heterocycles. The summed E-state index contributed by atoms with van der Waals surface area (Å²) in [6, 6.07) is 8.59. The fourth-order valence-electron chi connectivity index (χ4n) is 2.43. The van der Waals surface area contributed by atoms with Gasteiger partial charge in [-0.05, 0) is 46.2 Å². The van der Waals surface area contributed by atoms with Crippen molar-refractivity contribution in [3.05, 3.63) is 44.6 Å². The van der Waals surface area contributed by atoms with Gasteiger partial charge in [0.2, 0.25) is 0 Å². The first-order chi connectivity index (χ1) is 10.3. The first-order valence-corrected chi connectivity index (χ1v) is 8.82. The fraction of sp³-hybridized carbons (Fsp3) is 0.375. The van der Waals surface area contributed by atoms with Crippen LogP contribution < -0.4 is 14.8 Å². The van der Waals surface area contributed by atoms with E-state index in [9.17, 15) is 0 Å². The summed E-state index contributed by atoms with van der Waals surface area (Å²) >= 11 is 5.28. The summed E-state index contributed by atoms with van der Waals surface area (Å²) in [7, 11) is 0. The summed E-state index contributed by atoms with van der Waals surface area (Å²) in [6.07, 6.45) is 0.929. The average molecular weight is 368 g/mol. The highest BCUT2D eigenvalue weighted by atomic mass is 79.9. The summed E-state index contributed by atoms with van der Waals surface area (Å²) in [5.41, 5.74) is 1.20. The van der Waals surface area contributed by atoms with Gasteiger partial charge in [-0.3, -0.25) is 0 Å². The topological polar surface area (TPSA) is 30.5 Å². The second-order valence-electron chi connectivity index (χ2n) is 4.91. The minimum atomic E-state index is 0.184. The van der Waals surface area contributed by atoms with Crippen molar-refractivity contribution in [1.29, 1.82) is 0 Å². The molecular formula is C16H18BrNO2S. The summed E-state index contributed by atoms with van der Waals surface area (Å²) < 4.78 is 12.6. The van der Waals surface area contributed by atoms with Crippen LogP contribution in [0.15, 0.2) is 34.1 Å². The van der Waals surface area contributed by atoms with Crippen molar-refractivity contribution in [3.8, 4) is 11.5 Å². The lowest BCUT2D eigenvalue weighted by molar-refractivity contribution is 0.297. The van der Waals surface area contributed by atoms with E-state index < -0.39 is 0 Å². The fourth-order valence-corrected chi connectivity index (χ4v) is 3.97. The van der Waals surface area contributed by atoms with Crippen LogP contribution in [0.1, 0.15) is 29.8 Å². The van der Waals surface area contributed by atoms with E-state index in [2.05, 4.69) is 51.7 Å². The highest BCUT2D eigenvalue weighted by Crippen LogP contribution is 2.36. The lowest BCUT2D eigenvalue weighted by Gasteiger charge is -2.18. The van der Waals surface area contributed by atoms with Crippen molar-refractivity contribution >= 4 is 27.3 Å². The van der Waals surface area contributed by atoms with E-state index in [-0.39, 0.29) is 6.04 Å². The minimum absolute atomic E-state index is 0.184. The predicted molar refractivity (Wildman–Crippen MR) is 89.6 cm³/mol. The summed E-state index contributed by atoms with van der Waals surface area (Å²) in [6.45, 7) is 4.47. The maximum Gasteiger partial charge on any atom is 0.161 e. The van der Waals surface area contributed by atoms with Crippen molar-refractivity contribution in [2.45, 2.75) is 19.4 Å². The van der Waals surface area contributed by atoms with Gasteiger partial charge in [0.15, 0.2) is 11.5 Å². The molecule has 1 aromatic carbocycles. The highest BCUT2D eigenvalue weighted by molar-refractivity contribution is 9.10. The van der Waals surface area contributed by atoms with Crippen LogP contribution in [0.25, 0.3) is 0 Å². The zero-order valence-corrected chi connectivity index (χ0v) is 14.3. The highest BCUT2D eigenvalue weighted by Gasteiger charge is 2.18. The van der Waals surface area contributed by atoms with Crippen LogP contribution in [0.4, 0.5) is 0 Å². The standard InChI is InChI=1S/C16H18BrNO2S/c1-2-18-16(15-9-12(17)10-21-15)11-4-5-13-14(8-11)20-7-3-6-19-13/h4-5,8-10,16,18H,2-3,6-7H2,1H3. The third-order valence-electron chi connectivity index (χ3n) is 3.39. The molecule has 0 aliphatic carbocycles. The largest absolute Gasteiger partial charge is 0.490 e. The second-order valence-corrected chi connectivity index (χ2v) is 6.77. The molecule has 0 bridgehead atoms. The molecule has 1 aliphatic rings. The summed E-state index contributed by atoms with van der Waals surface area (Å²) in [4.78, 5) is 1.29. The third kappa shape index (κ3) is 3.42. The van der Waals surface area contributed by atoms with Gasteiger partial charge in [0.25, 0.3) is 0 Å².